The highest BCUT2D eigenvalue weighted by molar-refractivity contribution is 4.93. The molecule has 1 atom stereocenters. The van der Waals surface area contributed by atoms with Gasteiger partial charge < -0.3 is 14.8 Å². The SMILES string of the molecule is C1CCC2(C1)CCC(CNCC1CCOCC1)O2. The molecular formula is C15H27NO2. The van der Waals surface area contributed by atoms with Gasteiger partial charge in [0.25, 0.3) is 0 Å². The van der Waals surface area contributed by atoms with Gasteiger partial charge in [0.2, 0.25) is 0 Å². The number of ether oxygens (including phenoxy) is 2. The molecule has 1 N–H and O–H groups in total. The highest BCUT2D eigenvalue weighted by atomic mass is 16.5. The number of rotatable bonds is 4. The van der Waals surface area contributed by atoms with Crippen LogP contribution in [-0.2, 0) is 9.47 Å². The predicted octanol–water partition coefficient (Wildman–Crippen LogP) is 2.49. The molecule has 0 bridgehead atoms. The second-order valence-corrected chi connectivity index (χ2v) is 6.38. The molecule has 0 aromatic rings. The molecule has 3 aliphatic rings. The van der Waals surface area contributed by atoms with Gasteiger partial charge in [-0.3, -0.25) is 0 Å². The molecule has 2 aliphatic heterocycles. The zero-order chi connectivity index (χ0) is 12.3. The topological polar surface area (TPSA) is 30.5 Å². The summed E-state index contributed by atoms with van der Waals surface area (Å²) in [5, 5.41) is 3.62. The van der Waals surface area contributed by atoms with Crippen LogP contribution in [0.3, 0.4) is 0 Å². The van der Waals surface area contributed by atoms with Gasteiger partial charge in [-0.15, -0.1) is 0 Å². The van der Waals surface area contributed by atoms with Crippen molar-refractivity contribution in [1.82, 2.24) is 5.32 Å². The summed E-state index contributed by atoms with van der Waals surface area (Å²) in [5.41, 5.74) is 0.297. The van der Waals surface area contributed by atoms with E-state index in [9.17, 15) is 0 Å². The van der Waals surface area contributed by atoms with Crippen molar-refractivity contribution in [2.24, 2.45) is 5.92 Å². The molecule has 3 heteroatoms. The van der Waals surface area contributed by atoms with E-state index in [0.29, 0.717) is 11.7 Å². The first kappa shape index (κ1) is 12.9. The van der Waals surface area contributed by atoms with Gasteiger partial charge in [-0.1, -0.05) is 12.8 Å². The first-order chi connectivity index (χ1) is 8.86. The normalized spacial score (nSPS) is 32.3. The molecule has 3 rings (SSSR count). The lowest BCUT2D eigenvalue weighted by molar-refractivity contribution is -0.0356. The lowest BCUT2D eigenvalue weighted by atomic mass is 9.98. The van der Waals surface area contributed by atoms with Gasteiger partial charge in [0.1, 0.15) is 0 Å². The molecule has 2 heterocycles. The molecule has 3 fully saturated rings. The predicted molar refractivity (Wildman–Crippen MR) is 71.7 cm³/mol. The Bertz CT molecular complexity index is 257. The molecule has 1 unspecified atom stereocenters. The molecule has 3 nitrogen and oxygen atoms in total. The van der Waals surface area contributed by atoms with Crippen LogP contribution in [0.15, 0.2) is 0 Å². The van der Waals surface area contributed by atoms with Crippen LogP contribution in [-0.4, -0.2) is 38.0 Å². The van der Waals surface area contributed by atoms with E-state index in [-0.39, 0.29) is 0 Å². The van der Waals surface area contributed by atoms with E-state index in [2.05, 4.69) is 5.32 Å². The Hall–Kier alpha value is -0.120. The Balaban J connectivity index is 1.34. The zero-order valence-corrected chi connectivity index (χ0v) is 11.5. The van der Waals surface area contributed by atoms with E-state index in [1.54, 1.807) is 0 Å². The van der Waals surface area contributed by atoms with Crippen LogP contribution in [0.5, 0.6) is 0 Å². The standard InChI is InChI=1S/C15H27NO2/c1-2-7-15(6-1)8-3-14(18-15)12-16-11-13-4-9-17-10-5-13/h13-14,16H,1-12H2. The van der Waals surface area contributed by atoms with Crippen LogP contribution in [0.2, 0.25) is 0 Å². The van der Waals surface area contributed by atoms with Gasteiger partial charge in [0.15, 0.2) is 0 Å². The summed E-state index contributed by atoms with van der Waals surface area (Å²) in [5.74, 6) is 0.820. The summed E-state index contributed by atoms with van der Waals surface area (Å²) in [6, 6.07) is 0. The van der Waals surface area contributed by atoms with Crippen LogP contribution in [0.4, 0.5) is 0 Å². The van der Waals surface area contributed by atoms with E-state index in [1.165, 1.54) is 51.4 Å². The molecule has 104 valence electrons. The lowest BCUT2D eigenvalue weighted by Crippen LogP contribution is -2.34. The molecule has 1 spiro atoms. The van der Waals surface area contributed by atoms with Crippen LogP contribution >= 0.6 is 0 Å². The molecule has 0 radical (unpaired) electrons. The van der Waals surface area contributed by atoms with Crippen LogP contribution in [0, 0.1) is 5.92 Å². The van der Waals surface area contributed by atoms with Crippen molar-refractivity contribution in [3.05, 3.63) is 0 Å². The van der Waals surface area contributed by atoms with Crippen molar-refractivity contribution < 1.29 is 9.47 Å². The largest absolute Gasteiger partial charge is 0.381 e. The Kier molecular flexibility index (Phi) is 4.22. The minimum atomic E-state index is 0.297. The highest BCUT2D eigenvalue weighted by Gasteiger charge is 2.41. The maximum atomic E-state index is 6.31. The average molecular weight is 253 g/mol. The van der Waals surface area contributed by atoms with Gasteiger partial charge in [-0.05, 0) is 51.0 Å². The van der Waals surface area contributed by atoms with E-state index in [1.807, 2.05) is 0 Å². The fraction of sp³-hybridized carbons (Fsp3) is 1.00. The summed E-state index contributed by atoms with van der Waals surface area (Å²) in [4.78, 5) is 0. The van der Waals surface area contributed by atoms with E-state index in [4.69, 9.17) is 9.47 Å². The molecule has 18 heavy (non-hydrogen) atoms. The number of hydrogen-bond acceptors (Lipinski definition) is 3. The minimum absolute atomic E-state index is 0.297. The number of hydrogen-bond donors (Lipinski definition) is 1. The third kappa shape index (κ3) is 3.06. The molecule has 2 saturated heterocycles. The lowest BCUT2D eigenvalue weighted by Gasteiger charge is -2.25. The van der Waals surface area contributed by atoms with Crippen molar-refractivity contribution in [2.45, 2.75) is 63.1 Å². The Labute approximate surface area is 111 Å². The molecule has 0 amide bonds. The van der Waals surface area contributed by atoms with Gasteiger partial charge in [-0.2, -0.15) is 0 Å². The van der Waals surface area contributed by atoms with Crippen molar-refractivity contribution in [3.8, 4) is 0 Å². The summed E-state index contributed by atoms with van der Waals surface area (Å²) >= 11 is 0. The quantitative estimate of drug-likeness (QED) is 0.835. The van der Waals surface area contributed by atoms with Crippen LogP contribution < -0.4 is 5.32 Å². The van der Waals surface area contributed by atoms with Gasteiger partial charge in [-0.25, -0.2) is 0 Å². The summed E-state index contributed by atoms with van der Waals surface area (Å²) in [7, 11) is 0. The van der Waals surface area contributed by atoms with E-state index in [0.717, 1.165) is 32.2 Å². The van der Waals surface area contributed by atoms with E-state index >= 15 is 0 Å². The summed E-state index contributed by atoms with van der Waals surface area (Å²) in [6.45, 7) is 4.11. The molecule has 1 aliphatic carbocycles. The smallest absolute Gasteiger partial charge is 0.0708 e. The number of nitrogens with one attached hydrogen (secondary N) is 1. The molecule has 0 aromatic carbocycles. The highest BCUT2D eigenvalue weighted by Crippen LogP contribution is 2.43. The zero-order valence-electron chi connectivity index (χ0n) is 11.5. The Morgan fingerprint density at radius 2 is 1.72 bits per heavy atom. The van der Waals surface area contributed by atoms with Crippen LogP contribution in [0.25, 0.3) is 0 Å². The average Bonchev–Trinajstić information content (AvgIpc) is 3.02. The van der Waals surface area contributed by atoms with Gasteiger partial charge >= 0.3 is 0 Å². The fourth-order valence-electron chi connectivity index (χ4n) is 3.83. The summed E-state index contributed by atoms with van der Waals surface area (Å²) < 4.78 is 11.7. The van der Waals surface area contributed by atoms with Gasteiger partial charge in [0.05, 0.1) is 11.7 Å². The first-order valence-corrected chi connectivity index (χ1v) is 7.83. The second-order valence-electron chi connectivity index (χ2n) is 6.38. The maximum Gasteiger partial charge on any atom is 0.0708 e. The Morgan fingerprint density at radius 1 is 0.944 bits per heavy atom. The van der Waals surface area contributed by atoms with E-state index < -0.39 is 0 Å². The van der Waals surface area contributed by atoms with Crippen molar-refractivity contribution in [1.29, 1.82) is 0 Å². The van der Waals surface area contributed by atoms with Crippen molar-refractivity contribution in [2.75, 3.05) is 26.3 Å². The molecular weight excluding hydrogens is 226 g/mol. The van der Waals surface area contributed by atoms with Gasteiger partial charge in [0, 0.05) is 19.8 Å². The monoisotopic (exact) mass is 253 g/mol. The van der Waals surface area contributed by atoms with Crippen LogP contribution in [0.1, 0.15) is 51.4 Å². The fourth-order valence-corrected chi connectivity index (χ4v) is 3.83. The van der Waals surface area contributed by atoms with Crippen molar-refractivity contribution >= 4 is 0 Å². The third-order valence-electron chi connectivity index (χ3n) is 5.00. The molecule has 0 aromatic heterocycles. The molecule has 1 saturated carbocycles. The third-order valence-corrected chi connectivity index (χ3v) is 5.00. The maximum absolute atomic E-state index is 6.31. The summed E-state index contributed by atoms with van der Waals surface area (Å²) in [6.07, 6.45) is 10.9. The first-order valence-electron chi connectivity index (χ1n) is 7.83. The minimum Gasteiger partial charge on any atom is -0.381 e. The van der Waals surface area contributed by atoms with Crippen molar-refractivity contribution in [3.63, 3.8) is 0 Å². The second kappa shape index (κ2) is 5.89. The Morgan fingerprint density at radius 3 is 2.50 bits per heavy atom.